The van der Waals surface area contributed by atoms with Gasteiger partial charge in [0.2, 0.25) is 0 Å². The van der Waals surface area contributed by atoms with Gasteiger partial charge in [0.05, 0.1) is 29.4 Å². The second kappa shape index (κ2) is 11.3. The molecule has 0 atom stereocenters. The highest BCUT2D eigenvalue weighted by molar-refractivity contribution is 7.92. The van der Waals surface area contributed by atoms with Gasteiger partial charge in [0.1, 0.15) is 5.75 Å². The predicted molar refractivity (Wildman–Crippen MR) is 135 cm³/mol. The fraction of sp³-hybridized carbons (Fsp3) is 0.154. The van der Waals surface area contributed by atoms with Crippen molar-refractivity contribution in [2.45, 2.75) is 18.7 Å². The van der Waals surface area contributed by atoms with Crippen molar-refractivity contribution < 1.29 is 17.9 Å². The molecule has 34 heavy (non-hydrogen) atoms. The summed E-state index contributed by atoms with van der Waals surface area (Å²) >= 11 is 0. The van der Waals surface area contributed by atoms with Crippen LogP contribution < -0.4 is 14.5 Å². The molecule has 0 fully saturated rings. The van der Waals surface area contributed by atoms with E-state index in [-0.39, 0.29) is 11.4 Å². The van der Waals surface area contributed by atoms with Crippen molar-refractivity contribution in [1.82, 2.24) is 5.43 Å². The van der Waals surface area contributed by atoms with Crippen LogP contribution in [0.1, 0.15) is 29.8 Å². The summed E-state index contributed by atoms with van der Waals surface area (Å²) in [5, 5.41) is 4.17. The number of ether oxygens (including phenoxy) is 1. The molecule has 3 aromatic rings. The summed E-state index contributed by atoms with van der Waals surface area (Å²) in [6.45, 7) is 8.06. The summed E-state index contributed by atoms with van der Waals surface area (Å²) in [6.07, 6.45) is 1.51. The number of hydrogen-bond donors (Lipinski definition) is 1. The van der Waals surface area contributed by atoms with Gasteiger partial charge in [-0.25, -0.2) is 13.8 Å². The molecule has 0 saturated carbocycles. The summed E-state index contributed by atoms with van der Waals surface area (Å²) in [5.41, 5.74) is 4.80. The molecule has 1 N–H and O–H groups in total. The molecule has 3 aromatic carbocycles. The minimum atomic E-state index is -3.78. The van der Waals surface area contributed by atoms with E-state index in [1.165, 1.54) is 22.5 Å². The lowest BCUT2D eigenvalue weighted by atomic mass is 10.1. The lowest BCUT2D eigenvalue weighted by Crippen LogP contribution is -2.31. The van der Waals surface area contributed by atoms with Crippen molar-refractivity contribution in [3.63, 3.8) is 0 Å². The maximum Gasteiger partial charge on any atom is 0.271 e. The molecule has 0 aliphatic rings. The Labute approximate surface area is 200 Å². The van der Waals surface area contributed by atoms with Crippen LogP contribution in [0.2, 0.25) is 0 Å². The molecule has 8 heteroatoms. The Morgan fingerprint density at radius 2 is 1.62 bits per heavy atom. The van der Waals surface area contributed by atoms with Crippen molar-refractivity contribution in [3.8, 4) is 5.75 Å². The summed E-state index contributed by atoms with van der Waals surface area (Å²) in [5.74, 6) is 0.362. The summed E-state index contributed by atoms with van der Waals surface area (Å²) in [7, 11) is -3.78. The van der Waals surface area contributed by atoms with Gasteiger partial charge in [-0.05, 0) is 80.1 Å². The zero-order chi connectivity index (χ0) is 24.6. The van der Waals surface area contributed by atoms with Crippen LogP contribution in [-0.2, 0) is 10.0 Å². The number of sulfonamides is 1. The van der Waals surface area contributed by atoms with E-state index in [1.807, 2.05) is 31.2 Å². The molecule has 0 spiro atoms. The molecule has 1 amide bonds. The molecular formula is C26H27N3O4S. The second-order valence-electron chi connectivity index (χ2n) is 7.28. The van der Waals surface area contributed by atoms with Gasteiger partial charge >= 0.3 is 0 Å². The molecular weight excluding hydrogens is 450 g/mol. The number of rotatable bonds is 10. The SMILES string of the molecule is C=CCN(c1ccc(C(=O)N/N=C(/C)c2ccc(OCC)cc2)cc1)S(=O)(=O)c1ccccc1. The zero-order valence-corrected chi connectivity index (χ0v) is 20.0. The third kappa shape index (κ3) is 5.90. The summed E-state index contributed by atoms with van der Waals surface area (Å²) in [6, 6.07) is 21.9. The fourth-order valence-electron chi connectivity index (χ4n) is 3.18. The highest BCUT2D eigenvalue weighted by Crippen LogP contribution is 2.24. The first-order valence-electron chi connectivity index (χ1n) is 10.7. The van der Waals surface area contributed by atoms with Crippen LogP contribution in [0.25, 0.3) is 0 Å². The fourth-order valence-corrected chi connectivity index (χ4v) is 4.64. The van der Waals surface area contributed by atoms with Crippen LogP contribution in [0.3, 0.4) is 0 Å². The molecule has 0 saturated heterocycles. The number of nitrogens with zero attached hydrogens (tertiary/aromatic N) is 2. The molecule has 0 aliphatic carbocycles. The van der Waals surface area contributed by atoms with Crippen LogP contribution in [0.5, 0.6) is 5.75 Å². The first kappa shape index (κ1) is 24.7. The third-order valence-electron chi connectivity index (χ3n) is 4.95. The molecule has 0 aliphatic heterocycles. The predicted octanol–water partition coefficient (Wildman–Crippen LogP) is 4.62. The van der Waals surface area contributed by atoms with E-state index < -0.39 is 15.9 Å². The Bertz CT molecular complexity index is 1250. The zero-order valence-electron chi connectivity index (χ0n) is 19.1. The van der Waals surface area contributed by atoms with E-state index in [9.17, 15) is 13.2 Å². The number of carbonyl (C=O) groups excluding carboxylic acids is 1. The number of benzene rings is 3. The van der Waals surface area contributed by atoms with Gasteiger partial charge in [0, 0.05) is 5.56 Å². The van der Waals surface area contributed by atoms with Crippen molar-refractivity contribution in [3.05, 3.63) is 103 Å². The standard InChI is InChI=1S/C26H27N3O4S/c1-4-19-29(34(31,32)25-9-7-6-8-10-25)23-15-11-22(12-16-23)26(30)28-27-20(3)21-13-17-24(18-14-21)33-5-2/h4,6-18H,1,5,19H2,2-3H3,(H,28,30)/b27-20-. The van der Waals surface area contributed by atoms with Crippen molar-refractivity contribution in [2.24, 2.45) is 5.10 Å². The summed E-state index contributed by atoms with van der Waals surface area (Å²) < 4.78 is 32.8. The number of nitrogens with one attached hydrogen (secondary N) is 1. The average Bonchev–Trinajstić information content (AvgIpc) is 2.87. The van der Waals surface area contributed by atoms with E-state index in [1.54, 1.807) is 49.4 Å². The number of anilines is 1. The van der Waals surface area contributed by atoms with Crippen LogP contribution in [0, 0.1) is 0 Å². The quantitative estimate of drug-likeness (QED) is 0.262. The van der Waals surface area contributed by atoms with E-state index in [0.717, 1.165) is 11.3 Å². The second-order valence-corrected chi connectivity index (χ2v) is 9.14. The van der Waals surface area contributed by atoms with E-state index in [4.69, 9.17) is 4.74 Å². The van der Waals surface area contributed by atoms with Gasteiger partial charge in [0.25, 0.3) is 15.9 Å². The molecule has 3 rings (SSSR count). The van der Waals surface area contributed by atoms with Crippen LogP contribution in [-0.4, -0.2) is 33.2 Å². The van der Waals surface area contributed by atoms with Crippen molar-refractivity contribution in [1.29, 1.82) is 0 Å². The Morgan fingerprint density at radius 1 is 1.00 bits per heavy atom. The van der Waals surface area contributed by atoms with E-state index in [2.05, 4.69) is 17.1 Å². The van der Waals surface area contributed by atoms with E-state index >= 15 is 0 Å². The Hall–Kier alpha value is -3.91. The molecule has 7 nitrogen and oxygen atoms in total. The number of hydrazone groups is 1. The number of carbonyl (C=O) groups is 1. The van der Waals surface area contributed by atoms with Crippen LogP contribution in [0.15, 0.2) is 102 Å². The normalized spacial score (nSPS) is 11.5. The minimum Gasteiger partial charge on any atom is -0.494 e. The Balaban J connectivity index is 1.74. The third-order valence-corrected chi connectivity index (χ3v) is 6.76. The molecule has 0 aromatic heterocycles. The minimum absolute atomic E-state index is 0.0916. The van der Waals surface area contributed by atoms with Gasteiger partial charge in [-0.15, -0.1) is 6.58 Å². The van der Waals surface area contributed by atoms with Gasteiger partial charge < -0.3 is 4.74 Å². The first-order chi connectivity index (χ1) is 16.4. The van der Waals surface area contributed by atoms with Gasteiger partial charge in [-0.2, -0.15) is 5.10 Å². The summed E-state index contributed by atoms with van der Waals surface area (Å²) in [4.78, 5) is 12.7. The van der Waals surface area contributed by atoms with Crippen LogP contribution in [0.4, 0.5) is 5.69 Å². The molecule has 0 bridgehead atoms. The lowest BCUT2D eigenvalue weighted by Gasteiger charge is -2.23. The molecule has 0 unspecified atom stereocenters. The Kier molecular flexibility index (Phi) is 8.21. The smallest absolute Gasteiger partial charge is 0.271 e. The maximum atomic E-state index is 13.1. The highest BCUT2D eigenvalue weighted by atomic mass is 32.2. The van der Waals surface area contributed by atoms with Gasteiger partial charge in [-0.3, -0.25) is 9.10 Å². The van der Waals surface area contributed by atoms with Crippen LogP contribution >= 0.6 is 0 Å². The first-order valence-corrected chi connectivity index (χ1v) is 12.2. The maximum absolute atomic E-state index is 13.1. The molecule has 0 heterocycles. The topological polar surface area (TPSA) is 88.1 Å². The number of hydrogen-bond acceptors (Lipinski definition) is 5. The molecule has 0 radical (unpaired) electrons. The molecule has 176 valence electrons. The van der Waals surface area contributed by atoms with Crippen molar-refractivity contribution in [2.75, 3.05) is 17.5 Å². The van der Waals surface area contributed by atoms with Crippen molar-refractivity contribution >= 4 is 27.3 Å². The highest BCUT2D eigenvalue weighted by Gasteiger charge is 2.23. The Morgan fingerprint density at radius 3 is 2.21 bits per heavy atom. The lowest BCUT2D eigenvalue weighted by molar-refractivity contribution is 0.0955. The number of amides is 1. The average molecular weight is 478 g/mol. The monoisotopic (exact) mass is 477 g/mol. The largest absolute Gasteiger partial charge is 0.494 e. The van der Waals surface area contributed by atoms with Gasteiger partial charge in [-0.1, -0.05) is 24.3 Å². The van der Waals surface area contributed by atoms with Gasteiger partial charge in [0.15, 0.2) is 0 Å². The van der Waals surface area contributed by atoms with E-state index in [0.29, 0.717) is 23.6 Å².